The maximum Gasteiger partial charge on any atom is 0.108 e. The van der Waals surface area contributed by atoms with Crippen molar-refractivity contribution in [3.05, 3.63) is 0 Å². The molecule has 0 radical (unpaired) electrons. The number of hydrogen-bond donors (Lipinski definition) is 1. The molecule has 15 heavy (non-hydrogen) atoms. The van der Waals surface area contributed by atoms with E-state index in [9.17, 15) is 0 Å². The standard InChI is InChI=1S/C12H19NO2/c1-2-3-8-14-11-9-12(15-10-11)4-6-13-7-5-12/h11,13H,4-10H2,1H3. The molecule has 1 atom stereocenters. The van der Waals surface area contributed by atoms with E-state index in [4.69, 9.17) is 9.47 Å². The summed E-state index contributed by atoms with van der Waals surface area (Å²) in [6.45, 7) is 5.26. The van der Waals surface area contributed by atoms with E-state index < -0.39 is 0 Å². The van der Waals surface area contributed by atoms with Gasteiger partial charge in [0.1, 0.15) is 6.61 Å². The van der Waals surface area contributed by atoms with Crippen molar-refractivity contribution in [3.8, 4) is 11.8 Å². The van der Waals surface area contributed by atoms with Gasteiger partial charge in [-0.3, -0.25) is 0 Å². The van der Waals surface area contributed by atoms with Crippen molar-refractivity contribution in [2.24, 2.45) is 0 Å². The van der Waals surface area contributed by atoms with Crippen LogP contribution >= 0.6 is 0 Å². The Balaban J connectivity index is 1.79. The van der Waals surface area contributed by atoms with E-state index >= 15 is 0 Å². The maximum atomic E-state index is 5.91. The van der Waals surface area contributed by atoms with Crippen molar-refractivity contribution in [1.29, 1.82) is 0 Å². The highest BCUT2D eigenvalue weighted by Gasteiger charge is 2.41. The number of rotatable bonds is 2. The van der Waals surface area contributed by atoms with Gasteiger partial charge in [0.25, 0.3) is 0 Å². The molecule has 1 unspecified atom stereocenters. The normalized spacial score (nSPS) is 28.7. The lowest BCUT2D eigenvalue weighted by molar-refractivity contribution is -0.0224. The minimum absolute atomic E-state index is 0.107. The van der Waals surface area contributed by atoms with E-state index in [0.29, 0.717) is 6.61 Å². The summed E-state index contributed by atoms with van der Waals surface area (Å²) in [6, 6.07) is 0. The highest BCUT2D eigenvalue weighted by atomic mass is 16.6. The minimum Gasteiger partial charge on any atom is -0.372 e. The molecule has 2 aliphatic rings. The van der Waals surface area contributed by atoms with Crippen LogP contribution in [0.3, 0.4) is 0 Å². The molecule has 84 valence electrons. The number of ether oxygens (including phenoxy) is 2. The molecule has 0 aromatic heterocycles. The predicted octanol–water partition coefficient (Wildman–Crippen LogP) is 0.937. The molecule has 2 rings (SSSR count). The average Bonchev–Trinajstić information content (AvgIpc) is 2.63. The fraction of sp³-hybridized carbons (Fsp3) is 0.833. The molecule has 2 heterocycles. The van der Waals surface area contributed by atoms with Gasteiger partial charge in [-0.2, -0.15) is 0 Å². The molecule has 0 aromatic carbocycles. The molecule has 0 bridgehead atoms. The zero-order valence-electron chi connectivity index (χ0n) is 9.34. The number of piperidine rings is 1. The lowest BCUT2D eigenvalue weighted by atomic mass is 9.89. The second-order valence-electron chi connectivity index (χ2n) is 4.31. The van der Waals surface area contributed by atoms with Crippen LogP contribution in [0.1, 0.15) is 26.2 Å². The second kappa shape index (κ2) is 4.98. The molecular formula is C12H19NO2. The van der Waals surface area contributed by atoms with Gasteiger partial charge in [0, 0.05) is 6.42 Å². The Morgan fingerprint density at radius 2 is 2.27 bits per heavy atom. The van der Waals surface area contributed by atoms with Gasteiger partial charge >= 0.3 is 0 Å². The van der Waals surface area contributed by atoms with E-state index in [2.05, 4.69) is 17.2 Å². The maximum absolute atomic E-state index is 5.91. The zero-order chi connectivity index (χ0) is 10.6. The van der Waals surface area contributed by atoms with Crippen molar-refractivity contribution in [2.75, 3.05) is 26.3 Å². The first-order chi connectivity index (χ1) is 7.35. The van der Waals surface area contributed by atoms with Crippen LogP contribution in [0.15, 0.2) is 0 Å². The molecule has 2 fully saturated rings. The first kappa shape index (κ1) is 10.9. The van der Waals surface area contributed by atoms with Gasteiger partial charge in [-0.1, -0.05) is 5.92 Å². The van der Waals surface area contributed by atoms with Crippen molar-refractivity contribution < 1.29 is 9.47 Å². The van der Waals surface area contributed by atoms with Crippen molar-refractivity contribution in [2.45, 2.75) is 37.9 Å². The third-order valence-corrected chi connectivity index (χ3v) is 3.26. The first-order valence-corrected chi connectivity index (χ1v) is 5.70. The average molecular weight is 209 g/mol. The van der Waals surface area contributed by atoms with E-state index in [0.717, 1.165) is 39.0 Å². The molecule has 0 saturated carbocycles. The number of hydrogen-bond acceptors (Lipinski definition) is 3. The molecule has 0 amide bonds. The first-order valence-electron chi connectivity index (χ1n) is 5.70. The summed E-state index contributed by atoms with van der Waals surface area (Å²) in [4.78, 5) is 0. The van der Waals surface area contributed by atoms with Gasteiger partial charge in [-0.05, 0) is 32.9 Å². The highest BCUT2D eigenvalue weighted by Crippen LogP contribution is 2.34. The SMILES string of the molecule is CC#CCOC1COC2(CCNCC2)C1. The van der Waals surface area contributed by atoms with Gasteiger partial charge < -0.3 is 14.8 Å². The summed E-state index contributed by atoms with van der Waals surface area (Å²) >= 11 is 0. The summed E-state index contributed by atoms with van der Waals surface area (Å²) in [5.74, 6) is 5.76. The Bertz CT molecular complexity index is 261. The van der Waals surface area contributed by atoms with E-state index in [1.54, 1.807) is 0 Å². The summed E-state index contributed by atoms with van der Waals surface area (Å²) < 4.78 is 11.6. The Labute approximate surface area is 91.5 Å². The summed E-state index contributed by atoms with van der Waals surface area (Å²) in [7, 11) is 0. The molecule has 3 nitrogen and oxygen atoms in total. The summed E-state index contributed by atoms with van der Waals surface area (Å²) in [6.07, 6.45) is 3.53. The van der Waals surface area contributed by atoms with Gasteiger partial charge in [-0.25, -0.2) is 0 Å². The molecule has 3 heteroatoms. The Hall–Kier alpha value is -0.560. The van der Waals surface area contributed by atoms with Crippen molar-refractivity contribution in [3.63, 3.8) is 0 Å². The van der Waals surface area contributed by atoms with E-state index in [1.807, 2.05) is 6.92 Å². The lowest BCUT2D eigenvalue weighted by Crippen LogP contribution is -2.41. The Kier molecular flexibility index (Phi) is 3.63. The fourth-order valence-electron chi connectivity index (χ4n) is 2.37. The van der Waals surface area contributed by atoms with Gasteiger partial charge in [0.05, 0.1) is 18.3 Å². The summed E-state index contributed by atoms with van der Waals surface area (Å²) in [5.41, 5.74) is 0.107. The van der Waals surface area contributed by atoms with Crippen LogP contribution in [0.25, 0.3) is 0 Å². The van der Waals surface area contributed by atoms with Crippen LogP contribution < -0.4 is 5.32 Å². The van der Waals surface area contributed by atoms with Gasteiger partial charge in [0.15, 0.2) is 0 Å². The predicted molar refractivity (Wildman–Crippen MR) is 58.6 cm³/mol. The van der Waals surface area contributed by atoms with Crippen LogP contribution in [-0.2, 0) is 9.47 Å². The third kappa shape index (κ3) is 2.72. The second-order valence-corrected chi connectivity index (χ2v) is 4.31. The monoisotopic (exact) mass is 209 g/mol. The molecule has 0 aliphatic carbocycles. The smallest absolute Gasteiger partial charge is 0.108 e. The minimum atomic E-state index is 0.107. The van der Waals surface area contributed by atoms with Crippen molar-refractivity contribution >= 4 is 0 Å². The van der Waals surface area contributed by atoms with Crippen LogP contribution in [0, 0.1) is 11.8 Å². The molecule has 1 spiro atoms. The van der Waals surface area contributed by atoms with Crippen LogP contribution in [0.4, 0.5) is 0 Å². The van der Waals surface area contributed by atoms with E-state index in [-0.39, 0.29) is 11.7 Å². The van der Waals surface area contributed by atoms with Crippen LogP contribution in [0.2, 0.25) is 0 Å². The highest BCUT2D eigenvalue weighted by molar-refractivity contribution is 4.97. The Morgan fingerprint density at radius 1 is 1.47 bits per heavy atom. The lowest BCUT2D eigenvalue weighted by Gasteiger charge is -2.32. The number of nitrogens with one attached hydrogen (secondary N) is 1. The topological polar surface area (TPSA) is 30.5 Å². The summed E-state index contributed by atoms with van der Waals surface area (Å²) in [5, 5.41) is 3.36. The molecular weight excluding hydrogens is 190 g/mol. The fourth-order valence-corrected chi connectivity index (χ4v) is 2.37. The molecule has 0 aromatic rings. The third-order valence-electron chi connectivity index (χ3n) is 3.26. The van der Waals surface area contributed by atoms with Crippen LogP contribution in [0.5, 0.6) is 0 Å². The molecule has 2 aliphatic heterocycles. The largest absolute Gasteiger partial charge is 0.372 e. The van der Waals surface area contributed by atoms with Gasteiger partial charge in [0.2, 0.25) is 0 Å². The van der Waals surface area contributed by atoms with Crippen LogP contribution in [-0.4, -0.2) is 38.0 Å². The zero-order valence-corrected chi connectivity index (χ0v) is 9.34. The molecule has 1 N–H and O–H groups in total. The Morgan fingerprint density at radius 3 is 3.00 bits per heavy atom. The quantitative estimate of drug-likeness (QED) is 0.687. The van der Waals surface area contributed by atoms with Crippen molar-refractivity contribution in [1.82, 2.24) is 5.32 Å². The van der Waals surface area contributed by atoms with Gasteiger partial charge in [-0.15, -0.1) is 5.92 Å². The molecule has 2 saturated heterocycles. The van der Waals surface area contributed by atoms with E-state index in [1.165, 1.54) is 0 Å².